The first-order valence-electron chi connectivity index (χ1n) is 13.4. The van der Waals surface area contributed by atoms with E-state index in [9.17, 15) is 9.59 Å². The molecular formula is C26H35BrN8O4S. The zero-order chi connectivity index (χ0) is 28.6. The van der Waals surface area contributed by atoms with Gasteiger partial charge in [0, 0.05) is 45.1 Å². The number of carbonyl (C=O) groups excluding carboxylic acids is 2. The molecule has 14 heteroatoms. The normalized spacial score (nSPS) is 18.7. The Bertz CT molecular complexity index is 1400. The number of nitrogens with two attached hydrogens (primary N) is 1. The van der Waals surface area contributed by atoms with Crippen LogP contribution in [0.15, 0.2) is 17.0 Å². The molecule has 0 saturated carbocycles. The number of nitrogens with one attached hydrogen (secondary N) is 1. The number of amides is 2. The molecule has 12 nitrogen and oxygen atoms in total. The van der Waals surface area contributed by atoms with E-state index in [4.69, 9.17) is 15.2 Å². The largest absolute Gasteiger partial charge is 0.473 e. The Hall–Kier alpha value is -3.13. The molecule has 0 unspecified atom stereocenters. The van der Waals surface area contributed by atoms with Gasteiger partial charge in [0.05, 0.1) is 10.7 Å². The van der Waals surface area contributed by atoms with Crippen LogP contribution in [-0.2, 0) is 4.74 Å². The number of nitrogen functional groups attached to an aromatic ring is 1. The average molecular weight is 636 g/mol. The average Bonchev–Trinajstić information content (AvgIpc) is 3.43. The van der Waals surface area contributed by atoms with Crippen LogP contribution in [0.2, 0.25) is 0 Å². The summed E-state index contributed by atoms with van der Waals surface area (Å²) < 4.78 is 14.2. The molecule has 0 aliphatic carbocycles. The Kier molecular flexibility index (Phi) is 8.09. The fraction of sp³-hybridized carbons (Fsp3) is 0.577. The van der Waals surface area contributed by atoms with Crippen LogP contribution < -0.4 is 20.7 Å². The number of ether oxygens (including phenoxy) is 2. The van der Waals surface area contributed by atoms with E-state index in [2.05, 4.69) is 41.2 Å². The molecular weight excluding hydrogens is 600 g/mol. The van der Waals surface area contributed by atoms with Crippen molar-refractivity contribution in [3.63, 3.8) is 0 Å². The summed E-state index contributed by atoms with van der Waals surface area (Å²) in [6.07, 6.45) is 4.04. The number of thiazole rings is 1. The number of hydrogen-bond donors (Lipinski definition) is 2. The molecule has 0 bridgehead atoms. The molecule has 1 atom stereocenters. The molecule has 2 fully saturated rings. The third-order valence-corrected chi connectivity index (χ3v) is 8.41. The van der Waals surface area contributed by atoms with Crippen LogP contribution in [-0.4, -0.2) is 80.4 Å². The van der Waals surface area contributed by atoms with Crippen LogP contribution in [0.25, 0.3) is 5.52 Å². The topological polar surface area (TPSA) is 140 Å². The first-order valence-corrected chi connectivity index (χ1v) is 15.0. The third-order valence-electron chi connectivity index (χ3n) is 6.90. The minimum absolute atomic E-state index is 0.0619. The highest BCUT2D eigenvalue weighted by atomic mass is 79.9. The molecule has 2 amide bonds. The summed E-state index contributed by atoms with van der Waals surface area (Å²) in [4.78, 5) is 38.9. The highest BCUT2D eigenvalue weighted by Crippen LogP contribution is 2.33. The van der Waals surface area contributed by atoms with Gasteiger partial charge in [-0.25, -0.2) is 19.3 Å². The SMILES string of the molecule is Cc1nc(OC2CCN(C(=O)OC(C)(C)C)CC2)c(C(=O)N[C@@H]2CCCN(c3cc(Br)n4ncnc(N)c34)C2)s1. The van der Waals surface area contributed by atoms with E-state index >= 15 is 0 Å². The smallest absolute Gasteiger partial charge is 0.410 e. The second kappa shape index (κ2) is 11.4. The number of carbonyl (C=O) groups is 2. The molecule has 3 aromatic rings. The van der Waals surface area contributed by atoms with E-state index in [1.54, 1.807) is 9.42 Å². The molecule has 3 aromatic heterocycles. The van der Waals surface area contributed by atoms with E-state index in [0.717, 1.165) is 40.2 Å². The van der Waals surface area contributed by atoms with E-state index in [-0.39, 0.29) is 24.1 Å². The third kappa shape index (κ3) is 6.27. The van der Waals surface area contributed by atoms with Gasteiger partial charge in [-0.15, -0.1) is 11.3 Å². The molecule has 2 saturated heterocycles. The molecule has 40 heavy (non-hydrogen) atoms. The summed E-state index contributed by atoms with van der Waals surface area (Å²) in [5.41, 5.74) is 7.32. The van der Waals surface area contributed by atoms with Gasteiger partial charge in [0.25, 0.3) is 5.91 Å². The predicted molar refractivity (Wildman–Crippen MR) is 156 cm³/mol. The summed E-state index contributed by atoms with van der Waals surface area (Å²) in [5, 5.41) is 8.25. The summed E-state index contributed by atoms with van der Waals surface area (Å²) in [5.74, 6) is 0.570. The number of halogens is 1. The number of piperidine rings is 2. The van der Waals surface area contributed by atoms with Gasteiger partial charge in [-0.1, -0.05) is 0 Å². The fourth-order valence-electron chi connectivity index (χ4n) is 5.09. The molecule has 0 spiro atoms. The number of fused-ring (bicyclic) bond motifs is 1. The summed E-state index contributed by atoms with van der Waals surface area (Å²) >= 11 is 4.88. The van der Waals surface area contributed by atoms with Crippen LogP contribution in [0.3, 0.4) is 0 Å². The minimum Gasteiger partial charge on any atom is -0.473 e. The number of anilines is 2. The van der Waals surface area contributed by atoms with Crippen molar-refractivity contribution in [2.24, 2.45) is 0 Å². The minimum atomic E-state index is -0.533. The maximum absolute atomic E-state index is 13.4. The maximum atomic E-state index is 13.4. The van der Waals surface area contributed by atoms with Gasteiger partial charge in [-0.05, 0) is 62.5 Å². The number of nitrogens with zero attached hydrogens (tertiary/aromatic N) is 6. The molecule has 5 rings (SSSR count). The Morgan fingerprint density at radius 2 is 1.95 bits per heavy atom. The second-order valence-corrected chi connectivity index (χ2v) is 13.2. The molecule has 5 heterocycles. The zero-order valence-electron chi connectivity index (χ0n) is 23.1. The second-order valence-electron chi connectivity index (χ2n) is 11.2. The Morgan fingerprint density at radius 3 is 2.67 bits per heavy atom. The molecule has 216 valence electrons. The summed E-state index contributed by atoms with van der Waals surface area (Å²) in [6, 6.07) is 1.92. The highest BCUT2D eigenvalue weighted by Gasteiger charge is 2.31. The molecule has 2 aliphatic rings. The number of aromatic nitrogens is 4. The van der Waals surface area contributed by atoms with Gasteiger partial charge >= 0.3 is 6.09 Å². The zero-order valence-corrected chi connectivity index (χ0v) is 25.5. The number of rotatable bonds is 5. The summed E-state index contributed by atoms with van der Waals surface area (Å²) in [6.45, 7) is 9.96. The van der Waals surface area contributed by atoms with Crippen LogP contribution in [0.4, 0.5) is 16.3 Å². The Morgan fingerprint density at radius 1 is 1.20 bits per heavy atom. The number of aryl methyl sites for hydroxylation is 1. The van der Waals surface area contributed by atoms with Crippen molar-refractivity contribution in [1.82, 2.24) is 29.8 Å². The van der Waals surface area contributed by atoms with Crippen molar-refractivity contribution >= 4 is 56.3 Å². The number of likely N-dealkylation sites (tertiary alicyclic amines) is 1. The van der Waals surface area contributed by atoms with Crippen molar-refractivity contribution in [3.05, 3.63) is 26.9 Å². The van der Waals surface area contributed by atoms with E-state index in [0.29, 0.717) is 49.1 Å². The van der Waals surface area contributed by atoms with Crippen molar-refractivity contribution in [3.8, 4) is 5.88 Å². The van der Waals surface area contributed by atoms with Crippen LogP contribution >= 0.6 is 27.3 Å². The first kappa shape index (κ1) is 28.4. The highest BCUT2D eigenvalue weighted by molar-refractivity contribution is 9.10. The lowest BCUT2D eigenvalue weighted by Crippen LogP contribution is -2.47. The predicted octanol–water partition coefficient (Wildman–Crippen LogP) is 4.02. The van der Waals surface area contributed by atoms with Gasteiger partial charge in [-0.2, -0.15) is 5.10 Å². The lowest BCUT2D eigenvalue weighted by molar-refractivity contribution is 0.0123. The maximum Gasteiger partial charge on any atom is 0.410 e. The van der Waals surface area contributed by atoms with Crippen LogP contribution in [0.1, 0.15) is 61.1 Å². The molecule has 0 radical (unpaired) electrons. The quantitative estimate of drug-likeness (QED) is 0.426. The summed E-state index contributed by atoms with van der Waals surface area (Å²) in [7, 11) is 0. The van der Waals surface area contributed by atoms with Crippen molar-refractivity contribution in [2.75, 3.05) is 36.8 Å². The van der Waals surface area contributed by atoms with Crippen molar-refractivity contribution in [1.29, 1.82) is 0 Å². The van der Waals surface area contributed by atoms with Crippen LogP contribution in [0, 0.1) is 6.92 Å². The van der Waals surface area contributed by atoms with Gasteiger partial charge in [0.2, 0.25) is 5.88 Å². The lowest BCUT2D eigenvalue weighted by atomic mass is 10.0. The monoisotopic (exact) mass is 634 g/mol. The van der Waals surface area contributed by atoms with Crippen molar-refractivity contribution < 1.29 is 19.1 Å². The molecule has 0 aromatic carbocycles. The van der Waals surface area contributed by atoms with Gasteiger partial charge < -0.3 is 30.3 Å². The molecule has 2 aliphatic heterocycles. The standard InChI is InChI=1S/C26H35BrN8O4S/c1-15-31-24(38-17-7-10-33(11-8-17)25(37)39-26(2,3)4)21(40-15)23(36)32-16-6-5-9-34(13-16)18-12-19(27)35-20(18)22(28)29-14-30-35/h12,14,16-17H,5-11,13H2,1-4H3,(H,32,36)(H2,28,29,30)/t16-/m1/s1. The fourth-order valence-corrected chi connectivity index (χ4v) is 6.33. The van der Waals surface area contributed by atoms with E-state index < -0.39 is 5.60 Å². The van der Waals surface area contributed by atoms with Gasteiger partial charge in [0.1, 0.15) is 28.2 Å². The van der Waals surface area contributed by atoms with Gasteiger partial charge in [-0.3, -0.25) is 4.79 Å². The van der Waals surface area contributed by atoms with Gasteiger partial charge in [0.15, 0.2) is 10.7 Å². The lowest BCUT2D eigenvalue weighted by Gasteiger charge is -2.34. The van der Waals surface area contributed by atoms with Crippen molar-refractivity contribution in [2.45, 2.75) is 71.1 Å². The Labute approximate surface area is 245 Å². The Balaban J connectivity index is 1.21. The number of hydrogen-bond acceptors (Lipinski definition) is 10. The van der Waals surface area contributed by atoms with E-state index in [1.165, 1.54) is 17.7 Å². The van der Waals surface area contributed by atoms with Crippen LogP contribution in [0.5, 0.6) is 5.88 Å². The molecule has 3 N–H and O–H groups in total. The van der Waals surface area contributed by atoms with E-state index in [1.807, 2.05) is 33.8 Å². The first-order chi connectivity index (χ1) is 19.0.